The van der Waals surface area contributed by atoms with Crippen molar-refractivity contribution in [1.29, 1.82) is 0 Å². The van der Waals surface area contributed by atoms with Gasteiger partial charge in [-0.1, -0.05) is 0 Å². The number of amides is 1. The largest absolute Gasteiger partial charge is 0.460 e. The normalized spacial score (nSPS) is 16.3. The summed E-state index contributed by atoms with van der Waals surface area (Å²) >= 11 is -0.0874. The molecule has 0 spiro atoms. The monoisotopic (exact) mass is 751 g/mol. The fourth-order valence-electron chi connectivity index (χ4n) is 2.62. The first kappa shape index (κ1) is 43.1. The van der Waals surface area contributed by atoms with Gasteiger partial charge in [-0.2, -0.15) is 122 Å². The van der Waals surface area contributed by atoms with E-state index in [-0.39, 0.29) is 11.8 Å². The van der Waals surface area contributed by atoms with Crippen LogP contribution in [0, 0.1) is 0 Å². The lowest BCUT2D eigenvalue weighted by Crippen LogP contribution is -2.78. The van der Waals surface area contributed by atoms with Crippen LogP contribution in [0.15, 0.2) is 0 Å². The third-order valence-corrected chi connectivity index (χ3v) is 6.40. The van der Waals surface area contributed by atoms with Crippen molar-refractivity contribution in [2.75, 3.05) is 11.5 Å². The van der Waals surface area contributed by atoms with Crippen molar-refractivity contribution in [2.24, 2.45) is 5.73 Å². The van der Waals surface area contributed by atoms with Crippen LogP contribution in [0.4, 0.5) is 110 Å². The minimum absolute atomic E-state index is 0.0874. The molecule has 45 heavy (non-hydrogen) atoms. The smallest absolute Gasteiger partial charge is 0.370 e. The Labute approximate surface area is 234 Å². The van der Waals surface area contributed by atoms with E-state index in [1.165, 1.54) is 0 Å². The topological polar surface area (TPSA) is 43.1 Å². The van der Waals surface area contributed by atoms with Gasteiger partial charge in [0.05, 0.1) is 0 Å². The average Bonchev–Trinajstić information content (AvgIpc) is 2.81. The van der Waals surface area contributed by atoms with Crippen molar-refractivity contribution in [2.45, 2.75) is 84.2 Å². The van der Waals surface area contributed by atoms with E-state index >= 15 is 0 Å². The molecule has 0 heterocycles. The molecule has 0 aliphatic heterocycles. The number of rotatable bonds is 16. The maximum Gasteiger partial charge on any atom is 0.460 e. The Bertz CT molecular complexity index is 1060. The number of carbonyl (C=O) groups is 1. The number of nitrogens with two attached hydrogens (primary N) is 1. The third-order valence-electron chi connectivity index (χ3n) is 5.42. The summed E-state index contributed by atoms with van der Waals surface area (Å²) in [5, 5.41) is 0. The van der Waals surface area contributed by atoms with Crippen LogP contribution >= 0.6 is 11.8 Å². The SMILES string of the molecule is NC(=O)CCSCCC(F)(F)C(F)(F)C(F)(F)C(F)(F)C(F)(F)C(F)(F)C(F)(F)C(F)(F)C(F)(F)C(F)(F)C(F)(F)C(F)(F)F. The van der Waals surface area contributed by atoms with E-state index in [1.54, 1.807) is 0 Å². The molecule has 0 bridgehead atoms. The van der Waals surface area contributed by atoms with E-state index in [0.29, 0.717) is 0 Å². The first-order valence-corrected chi connectivity index (χ1v) is 11.4. The zero-order chi connectivity index (χ0) is 37.1. The van der Waals surface area contributed by atoms with Gasteiger partial charge in [0.15, 0.2) is 0 Å². The van der Waals surface area contributed by atoms with E-state index < -0.39 is 102 Å². The predicted molar refractivity (Wildman–Crippen MR) is 96.2 cm³/mol. The molecule has 0 atom stereocenters. The van der Waals surface area contributed by atoms with Gasteiger partial charge in [0, 0.05) is 18.6 Å². The zero-order valence-corrected chi connectivity index (χ0v) is 21.0. The molecule has 2 nitrogen and oxygen atoms in total. The summed E-state index contributed by atoms with van der Waals surface area (Å²) in [5.74, 6) is -102. The van der Waals surface area contributed by atoms with Crippen molar-refractivity contribution >= 4 is 17.7 Å². The van der Waals surface area contributed by atoms with Crippen LogP contribution in [-0.2, 0) is 4.79 Å². The predicted octanol–water partition coefficient (Wildman–Crippen LogP) is 8.54. The Kier molecular flexibility index (Phi) is 11.1. The highest BCUT2D eigenvalue weighted by atomic mass is 32.2. The number of halogens is 25. The second-order valence-corrected chi connectivity index (χ2v) is 9.75. The number of hydrogen-bond acceptors (Lipinski definition) is 2. The highest BCUT2D eigenvalue weighted by molar-refractivity contribution is 7.99. The summed E-state index contributed by atoms with van der Waals surface area (Å²) in [6, 6.07) is 0. The van der Waals surface area contributed by atoms with Crippen molar-refractivity contribution < 1.29 is 115 Å². The van der Waals surface area contributed by atoms with E-state index in [2.05, 4.69) is 5.73 Å². The van der Waals surface area contributed by atoms with Gasteiger partial charge in [-0.25, -0.2) is 0 Å². The molecule has 270 valence electrons. The molecule has 2 N–H and O–H groups in total. The van der Waals surface area contributed by atoms with Gasteiger partial charge in [0.25, 0.3) is 0 Å². The molecule has 0 aromatic rings. The van der Waals surface area contributed by atoms with Crippen LogP contribution in [0.1, 0.15) is 12.8 Å². The molecule has 0 saturated carbocycles. The summed E-state index contributed by atoms with van der Waals surface area (Å²) in [7, 11) is 0. The van der Waals surface area contributed by atoms with Crippen LogP contribution in [-0.4, -0.2) is 88.7 Å². The maximum absolute atomic E-state index is 13.8. The lowest BCUT2D eigenvalue weighted by atomic mass is 9.84. The van der Waals surface area contributed by atoms with Gasteiger partial charge in [-0.05, 0) is 5.75 Å². The Morgan fingerprint density at radius 2 is 0.644 bits per heavy atom. The minimum atomic E-state index is -9.60. The van der Waals surface area contributed by atoms with E-state index in [1.807, 2.05) is 0 Å². The molecule has 0 aliphatic rings. The van der Waals surface area contributed by atoms with Gasteiger partial charge in [-0.15, -0.1) is 0 Å². The van der Waals surface area contributed by atoms with Crippen molar-refractivity contribution in [3.63, 3.8) is 0 Å². The van der Waals surface area contributed by atoms with Crippen LogP contribution < -0.4 is 5.73 Å². The maximum atomic E-state index is 13.8. The summed E-state index contributed by atoms with van der Waals surface area (Å²) in [6.07, 6.45) is -11.8. The second-order valence-electron chi connectivity index (χ2n) is 8.52. The summed E-state index contributed by atoms with van der Waals surface area (Å²) in [6.45, 7) is 0. The van der Waals surface area contributed by atoms with Crippen molar-refractivity contribution in [3.05, 3.63) is 0 Å². The first-order chi connectivity index (χ1) is 19.2. The molecule has 0 aromatic heterocycles. The molecule has 0 radical (unpaired) electrons. The Morgan fingerprint density at radius 1 is 0.400 bits per heavy atom. The molecule has 0 aliphatic carbocycles. The molecule has 28 heteroatoms. The van der Waals surface area contributed by atoms with Crippen LogP contribution in [0.5, 0.6) is 0 Å². The standard InChI is InChI=1S/C17H10F25NOS/c18-6(19,2-4-45-3-1-5(43)44)7(20,21)8(22,23)9(24,25)10(26,27)11(28,29)12(30,31)13(32,33)14(34,35)15(36,37)16(38,39)17(40,41)42/h1-4H2,(H2,43,44). The number of hydrogen-bond donors (Lipinski definition) is 1. The minimum Gasteiger partial charge on any atom is -0.370 e. The molecule has 1 amide bonds. The van der Waals surface area contributed by atoms with Crippen LogP contribution in [0.3, 0.4) is 0 Å². The average molecular weight is 751 g/mol. The molecule has 0 aromatic carbocycles. The highest BCUT2D eigenvalue weighted by Crippen LogP contribution is 2.67. The summed E-state index contributed by atoms with van der Waals surface area (Å²) in [5.41, 5.74) is 4.56. The summed E-state index contributed by atoms with van der Waals surface area (Å²) < 4.78 is 334. The van der Waals surface area contributed by atoms with Gasteiger partial charge < -0.3 is 5.73 Å². The zero-order valence-electron chi connectivity index (χ0n) is 20.2. The van der Waals surface area contributed by atoms with Gasteiger partial charge in [-0.3, -0.25) is 4.79 Å². The molecule has 0 rings (SSSR count). The Hall–Kier alpha value is -1.93. The first-order valence-electron chi connectivity index (χ1n) is 10.3. The Morgan fingerprint density at radius 3 is 0.889 bits per heavy atom. The lowest BCUT2D eigenvalue weighted by Gasteiger charge is -2.45. The third kappa shape index (κ3) is 6.00. The fourth-order valence-corrected chi connectivity index (χ4v) is 3.57. The number of thioether (sulfide) groups is 1. The van der Waals surface area contributed by atoms with Crippen molar-refractivity contribution in [1.82, 2.24) is 0 Å². The fraction of sp³-hybridized carbons (Fsp3) is 0.941. The summed E-state index contributed by atoms with van der Waals surface area (Å²) in [4.78, 5) is 10.4. The molecular weight excluding hydrogens is 741 g/mol. The number of primary amides is 1. The van der Waals surface area contributed by atoms with Crippen LogP contribution in [0.25, 0.3) is 0 Å². The van der Waals surface area contributed by atoms with Crippen LogP contribution in [0.2, 0.25) is 0 Å². The molecule has 0 fully saturated rings. The quantitative estimate of drug-likeness (QED) is 0.127. The van der Waals surface area contributed by atoms with E-state index in [9.17, 15) is 115 Å². The van der Waals surface area contributed by atoms with Crippen molar-refractivity contribution in [3.8, 4) is 0 Å². The number of carbonyl (C=O) groups excluding carboxylic acids is 1. The van der Waals surface area contributed by atoms with Gasteiger partial charge in [0.1, 0.15) is 0 Å². The molecular formula is C17H10F25NOS. The van der Waals surface area contributed by atoms with E-state index in [0.717, 1.165) is 0 Å². The lowest BCUT2D eigenvalue weighted by molar-refractivity contribution is -0.482. The van der Waals surface area contributed by atoms with Gasteiger partial charge >= 0.3 is 71.3 Å². The molecule has 0 unspecified atom stereocenters. The second kappa shape index (κ2) is 11.6. The molecule has 0 saturated heterocycles. The van der Waals surface area contributed by atoms with Gasteiger partial charge in [0.2, 0.25) is 5.91 Å². The highest BCUT2D eigenvalue weighted by Gasteiger charge is 2.99. The number of alkyl halides is 25. The Balaban J connectivity index is 6.99. The van der Waals surface area contributed by atoms with E-state index in [4.69, 9.17) is 0 Å².